The fraction of sp³-hybridized carbons (Fsp3) is 0.235. The second-order valence-corrected chi connectivity index (χ2v) is 5.18. The van der Waals surface area contributed by atoms with Crippen LogP contribution in [0.25, 0.3) is 0 Å². The summed E-state index contributed by atoms with van der Waals surface area (Å²) in [6, 6.07) is 13.4. The van der Waals surface area contributed by atoms with Crippen LogP contribution in [0.5, 0.6) is 5.75 Å². The van der Waals surface area contributed by atoms with Gasteiger partial charge in [0.2, 0.25) is 0 Å². The number of amides is 1. The first-order chi connectivity index (χ1) is 10.2. The van der Waals surface area contributed by atoms with E-state index in [1.807, 2.05) is 18.2 Å². The molecule has 0 fully saturated rings. The van der Waals surface area contributed by atoms with Gasteiger partial charge in [0.1, 0.15) is 5.75 Å². The van der Waals surface area contributed by atoms with Gasteiger partial charge in [-0.05, 0) is 29.7 Å². The van der Waals surface area contributed by atoms with Gasteiger partial charge in [0, 0.05) is 18.2 Å². The summed E-state index contributed by atoms with van der Waals surface area (Å²) in [5.41, 5.74) is 9.45. The first-order valence-corrected chi connectivity index (χ1v) is 7.11. The van der Waals surface area contributed by atoms with Crippen LogP contribution in [-0.2, 0) is 17.6 Å². The molecule has 0 spiro atoms. The molecule has 3 rings (SSSR count). The molecule has 4 heteroatoms. The Hall–Kier alpha value is -2.49. The molecule has 4 nitrogen and oxygen atoms in total. The van der Waals surface area contributed by atoms with Gasteiger partial charge in [-0.25, -0.2) is 0 Å². The number of aryl methyl sites for hydroxylation is 1. The molecule has 1 aliphatic heterocycles. The third kappa shape index (κ3) is 2.70. The Morgan fingerprint density at radius 1 is 1.19 bits per heavy atom. The number of nitrogen functional groups attached to an aromatic ring is 1. The van der Waals surface area contributed by atoms with Crippen molar-refractivity contribution in [1.29, 1.82) is 0 Å². The Balaban J connectivity index is 1.85. The first-order valence-electron chi connectivity index (χ1n) is 7.11. The van der Waals surface area contributed by atoms with E-state index in [0.29, 0.717) is 23.5 Å². The minimum absolute atomic E-state index is 0.113. The molecule has 3 N–H and O–H groups in total. The molecule has 0 saturated heterocycles. The van der Waals surface area contributed by atoms with E-state index < -0.39 is 6.10 Å². The lowest BCUT2D eigenvalue weighted by molar-refractivity contribution is -0.123. The monoisotopic (exact) mass is 282 g/mol. The lowest BCUT2D eigenvalue weighted by Crippen LogP contribution is -2.38. The second kappa shape index (κ2) is 5.48. The minimum Gasteiger partial charge on any atom is -0.478 e. The minimum atomic E-state index is -0.521. The predicted molar refractivity (Wildman–Crippen MR) is 83.4 cm³/mol. The Labute approximate surface area is 123 Å². The zero-order valence-electron chi connectivity index (χ0n) is 11.9. The lowest BCUT2D eigenvalue weighted by Gasteiger charge is -2.26. The Bertz CT molecular complexity index is 682. The van der Waals surface area contributed by atoms with E-state index in [1.165, 1.54) is 5.56 Å². The molecule has 1 aliphatic rings. The van der Waals surface area contributed by atoms with Gasteiger partial charge in [0.05, 0.1) is 5.69 Å². The van der Waals surface area contributed by atoms with E-state index in [1.54, 1.807) is 18.2 Å². The summed E-state index contributed by atoms with van der Waals surface area (Å²) >= 11 is 0. The van der Waals surface area contributed by atoms with Crippen LogP contribution in [0, 0.1) is 0 Å². The number of nitrogens with one attached hydrogen (secondary N) is 1. The number of hydrogen-bond donors (Lipinski definition) is 2. The third-order valence-corrected chi connectivity index (χ3v) is 3.73. The molecule has 1 amide bonds. The van der Waals surface area contributed by atoms with Crippen LogP contribution < -0.4 is 15.8 Å². The molecule has 2 aromatic rings. The Morgan fingerprint density at radius 3 is 2.71 bits per heavy atom. The molecule has 0 aromatic heterocycles. The highest BCUT2D eigenvalue weighted by Crippen LogP contribution is 2.32. The van der Waals surface area contributed by atoms with Crippen LogP contribution in [-0.4, -0.2) is 12.0 Å². The number of hydrogen-bond acceptors (Lipinski definition) is 3. The number of rotatable bonds is 3. The summed E-state index contributed by atoms with van der Waals surface area (Å²) in [5, 5.41) is 2.88. The molecule has 1 heterocycles. The number of ether oxygens (including phenoxy) is 1. The molecule has 0 saturated carbocycles. The van der Waals surface area contributed by atoms with Gasteiger partial charge in [0.25, 0.3) is 5.91 Å². The average molecular weight is 282 g/mol. The molecule has 0 radical (unpaired) electrons. The van der Waals surface area contributed by atoms with Crippen molar-refractivity contribution in [3.63, 3.8) is 0 Å². The van der Waals surface area contributed by atoms with Gasteiger partial charge >= 0.3 is 0 Å². The van der Waals surface area contributed by atoms with Crippen LogP contribution in [0.3, 0.4) is 0 Å². The molecule has 0 bridgehead atoms. The highest BCUT2D eigenvalue weighted by atomic mass is 16.5. The smallest absolute Gasteiger partial charge is 0.265 e. The first kappa shape index (κ1) is 13.5. The van der Waals surface area contributed by atoms with Crippen molar-refractivity contribution < 1.29 is 9.53 Å². The zero-order chi connectivity index (χ0) is 14.8. The molecule has 1 unspecified atom stereocenters. The Morgan fingerprint density at radius 2 is 1.95 bits per heavy atom. The number of carbonyl (C=O) groups is 1. The van der Waals surface area contributed by atoms with Crippen LogP contribution in [0.4, 0.5) is 11.4 Å². The fourth-order valence-electron chi connectivity index (χ4n) is 2.60. The topological polar surface area (TPSA) is 64.3 Å². The fourth-order valence-corrected chi connectivity index (χ4v) is 2.60. The van der Waals surface area contributed by atoms with Gasteiger partial charge in [-0.1, -0.05) is 31.2 Å². The van der Waals surface area contributed by atoms with E-state index in [0.717, 1.165) is 12.0 Å². The standard InChI is InChI=1S/C17H18N2O2/c1-2-11-5-3-4-6-12(11)9-16-17(20)19-14-8-7-13(18)10-15(14)21-16/h3-8,10,16H,2,9,18H2,1H3,(H,19,20). The average Bonchev–Trinajstić information content (AvgIpc) is 2.49. The van der Waals surface area contributed by atoms with E-state index >= 15 is 0 Å². The maximum Gasteiger partial charge on any atom is 0.265 e. The molecule has 1 atom stereocenters. The van der Waals surface area contributed by atoms with Crippen LogP contribution in [0.2, 0.25) is 0 Å². The summed E-state index contributed by atoms with van der Waals surface area (Å²) in [6.45, 7) is 2.11. The summed E-state index contributed by atoms with van der Waals surface area (Å²) in [6.07, 6.45) is 0.977. The summed E-state index contributed by atoms with van der Waals surface area (Å²) in [4.78, 5) is 12.2. The lowest BCUT2D eigenvalue weighted by atomic mass is 9.99. The van der Waals surface area contributed by atoms with Gasteiger partial charge in [-0.2, -0.15) is 0 Å². The number of fused-ring (bicyclic) bond motifs is 1. The van der Waals surface area contributed by atoms with E-state index in [9.17, 15) is 4.79 Å². The van der Waals surface area contributed by atoms with Crippen LogP contribution >= 0.6 is 0 Å². The summed E-state index contributed by atoms with van der Waals surface area (Å²) < 4.78 is 5.84. The van der Waals surface area contributed by atoms with Crippen molar-refractivity contribution in [2.45, 2.75) is 25.9 Å². The largest absolute Gasteiger partial charge is 0.478 e. The number of benzene rings is 2. The van der Waals surface area contributed by atoms with Crippen LogP contribution in [0.1, 0.15) is 18.1 Å². The normalized spacial score (nSPS) is 16.8. The molecule has 0 aliphatic carbocycles. The maximum absolute atomic E-state index is 12.2. The highest BCUT2D eigenvalue weighted by Gasteiger charge is 2.28. The van der Waals surface area contributed by atoms with Gasteiger partial charge in [-0.15, -0.1) is 0 Å². The van der Waals surface area contributed by atoms with Crippen molar-refractivity contribution >= 4 is 17.3 Å². The van der Waals surface area contributed by atoms with Crippen molar-refractivity contribution in [3.8, 4) is 5.75 Å². The predicted octanol–water partition coefficient (Wildman–Crippen LogP) is 2.77. The zero-order valence-corrected chi connectivity index (χ0v) is 11.9. The summed E-state index contributed by atoms with van der Waals surface area (Å²) in [5.74, 6) is 0.520. The van der Waals surface area contributed by atoms with Crippen LogP contribution in [0.15, 0.2) is 42.5 Å². The van der Waals surface area contributed by atoms with E-state index in [2.05, 4.69) is 18.3 Å². The van der Waals surface area contributed by atoms with Gasteiger partial charge in [0.15, 0.2) is 6.10 Å². The number of nitrogens with two attached hydrogens (primary N) is 1. The molecular weight excluding hydrogens is 264 g/mol. The van der Waals surface area contributed by atoms with Crippen molar-refractivity contribution in [2.75, 3.05) is 11.1 Å². The third-order valence-electron chi connectivity index (χ3n) is 3.73. The van der Waals surface area contributed by atoms with E-state index in [-0.39, 0.29) is 5.91 Å². The van der Waals surface area contributed by atoms with E-state index in [4.69, 9.17) is 10.5 Å². The van der Waals surface area contributed by atoms with Crippen molar-refractivity contribution in [3.05, 3.63) is 53.6 Å². The van der Waals surface area contributed by atoms with Gasteiger partial charge < -0.3 is 15.8 Å². The molecule has 2 aromatic carbocycles. The molecule has 108 valence electrons. The number of carbonyl (C=O) groups excluding carboxylic acids is 1. The summed E-state index contributed by atoms with van der Waals surface area (Å²) in [7, 11) is 0. The maximum atomic E-state index is 12.2. The van der Waals surface area contributed by atoms with Crippen molar-refractivity contribution in [2.24, 2.45) is 0 Å². The molecule has 21 heavy (non-hydrogen) atoms. The number of anilines is 2. The van der Waals surface area contributed by atoms with Gasteiger partial charge in [-0.3, -0.25) is 4.79 Å². The molecular formula is C17H18N2O2. The SMILES string of the molecule is CCc1ccccc1CC1Oc2cc(N)ccc2NC1=O. The highest BCUT2D eigenvalue weighted by molar-refractivity contribution is 5.98. The van der Waals surface area contributed by atoms with Crippen molar-refractivity contribution in [1.82, 2.24) is 0 Å². The quantitative estimate of drug-likeness (QED) is 0.851. The Kier molecular flexibility index (Phi) is 3.52. The second-order valence-electron chi connectivity index (χ2n) is 5.18.